The van der Waals surface area contributed by atoms with Crippen LogP contribution in [0.5, 0.6) is 0 Å². The van der Waals surface area contributed by atoms with Crippen molar-refractivity contribution in [3.05, 3.63) is 45.9 Å². The Labute approximate surface area is 120 Å². The summed E-state index contributed by atoms with van der Waals surface area (Å²) in [6, 6.07) is 9.39. The predicted octanol–water partition coefficient (Wildman–Crippen LogP) is 4.43. The van der Waals surface area contributed by atoms with Crippen LogP contribution in [0, 0.1) is 6.92 Å². The molecule has 0 aliphatic carbocycles. The van der Waals surface area contributed by atoms with Gasteiger partial charge in [-0.15, -0.1) is 0 Å². The molecule has 0 aliphatic heterocycles. The van der Waals surface area contributed by atoms with Gasteiger partial charge in [0.2, 0.25) is 0 Å². The van der Waals surface area contributed by atoms with Crippen LogP contribution in [-0.4, -0.2) is 9.97 Å². The SMILES string of the molecule is Cc1ccc2nc(-c3cc(Cl)cc(Cl)c3N)[nH]c2c1. The molecular weight excluding hydrogens is 281 g/mol. The second-order valence-electron chi connectivity index (χ2n) is 4.45. The van der Waals surface area contributed by atoms with E-state index in [1.54, 1.807) is 12.1 Å². The van der Waals surface area contributed by atoms with Gasteiger partial charge < -0.3 is 10.7 Å². The molecule has 0 saturated carbocycles. The van der Waals surface area contributed by atoms with Crippen molar-refractivity contribution in [2.45, 2.75) is 6.92 Å². The summed E-state index contributed by atoms with van der Waals surface area (Å²) < 4.78 is 0. The van der Waals surface area contributed by atoms with E-state index in [2.05, 4.69) is 9.97 Å². The minimum absolute atomic E-state index is 0.430. The highest BCUT2D eigenvalue weighted by Gasteiger charge is 2.12. The molecule has 2 aromatic carbocycles. The number of nitrogens with two attached hydrogens (primary N) is 1. The second kappa shape index (κ2) is 4.44. The highest BCUT2D eigenvalue weighted by atomic mass is 35.5. The van der Waals surface area contributed by atoms with E-state index >= 15 is 0 Å². The molecule has 0 fully saturated rings. The van der Waals surface area contributed by atoms with E-state index in [9.17, 15) is 0 Å². The molecular formula is C14H11Cl2N3. The first-order valence-electron chi connectivity index (χ1n) is 5.76. The van der Waals surface area contributed by atoms with E-state index in [-0.39, 0.29) is 0 Å². The normalized spacial score (nSPS) is 11.1. The lowest BCUT2D eigenvalue weighted by Gasteiger charge is -2.05. The number of aryl methyl sites for hydroxylation is 1. The molecule has 3 rings (SSSR count). The van der Waals surface area contributed by atoms with Crippen LogP contribution in [0.1, 0.15) is 5.56 Å². The van der Waals surface area contributed by atoms with Gasteiger partial charge in [0.05, 0.1) is 21.7 Å². The van der Waals surface area contributed by atoms with E-state index in [4.69, 9.17) is 28.9 Å². The van der Waals surface area contributed by atoms with E-state index in [0.717, 1.165) is 11.0 Å². The summed E-state index contributed by atoms with van der Waals surface area (Å²) in [5.74, 6) is 0.669. The number of aromatic amines is 1. The summed E-state index contributed by atoms with van der Waals surface area (Å²) in [6.07, 6.45) is 0. The first kappa shape index (κ1) is 12.3. The quantitative estimate of drug-likeness (QED) is 0.652. The number of fused-ring (bicyclic) bond motifs is 1. The minimum Gasteiger partial charge on any atom is -0.397 e. The van der Waals surface area contributed by atoms with Gasteiger partial charge >= 0.3 is 0 Å². The number of nitrogens with one attached hydrogen (secondary N) is 1. The fraction of sp³-hybridized carbons (Fsp3) is 0.0714. The third-order valence-electron chi connectivity index (χ3n) is 2.99. The van der Waals surface area contributed by atoms with Crippen LogP contribution in [0.15, 0.2) is 30.3 Å². The second-order valence-corrected chi connectivity index (χ2v) is 5.30. The number of benzene rings is 2. The average Bonchev–Trinajstić information content (AvgIpc) is 2.76. The number of hydrogen-bond acceptors (Lipinski definition) is 2. The van der Waals surface area contributed by atoms with Crippen molar-refractivity contribution in [2.24, 2.45) is 0 Å². The summed E-state index contributed by atoms with van der Waals surface area (Å²) >= 11 is 12.1. The van der Waals surface area contributed by atoms with E-state index in [1.807, 2.05) is 25.1 Å². The number of aromatic nitrogens is 2. The minimum atomic E-state index is 0.430. The van der Waals surface area contributed by atoms with Gasteiger partial charge in [0, 0.05) is 10.6 Å². The van der Waals surface area contributed by atoms with Crippen LogP contribution in [0.2, 0.25) is 10.0 Å². The summed E-state index contributed by atoms with van der Waals surface area (Å²) in [4.78, 5) is 7.75. The van der Waals surface area contributed by atoms with Gasteiger partial charge in [-0.2, -0.15) is 0 Å². The van der Waals surface area contributed by atoms with Crippen LogP contribution in [0.4, 0.5) is 5.69 Å². The van der Waals surface area contributed by atoms with Gasteiger partial charge in [0.1, 0.15) is 5.82 Å². The number of nitrogen functional groups attached to an aromatic ring is 1. The Morgan fingerprint density at radius 3 is 2.74 bits per heavy atom. The number of anilines is 1. The Morgan fingerprint density at radius 1 is 1.16 bits per heavy atom. The van der Waals surface area contributed by atoms with Crippen molar-refractivity contribution in [2.75, 3.05) is 5.73 Å². The highest BCUT2D eigenvalue weighted by Crippen LogP contribution is 2.34. The molecule has 19 heavy (non-hydrogen) atoms. The Hall–Kier alpha value is -1.71. The fourth-order valence-corrected chi connectivity index (χ4v) is 2.53. The molecule has 0 unspecified atom stereocenters. The summed E-state index contributed by atoms with van der Waals surface area (Å²) in [6.45, 7) is 2.03. The van der Waals surface area contributed by atoms with Crippen LogP contribution in [0.3, 0.4) is 0 Å². The lowest BCUT2D eigenvalue weighted by atomic mass is 10.1. The van der Waals surface area contributed by atoms with Crippen LogP contribution in [0.25, 0.3) is 22.4 Å². The zero-order valence-corrected chi connectivity index (χ0v) is 11.7. The molecule has 0 atom stereocenters. The van der Waals surface area contributed by atoms with Crippen molar-refractivity contribution >= 4 is 39.9 Å². The maximum absolute atomic E-state index is 6.04. The van der Waals surface area contributed by atoms with Crippen molar-refractivity contribution in [3.8, 4) is 11.4 Å². The zero-order chi connectivity index (χ0) is 13.6. The van der Waals surface area contributed by atoms with Crippen molar-refractivity contribution < 1.29 is 0 Å². The highest BCUT2D eigenvalue weighted by molar-refractivity contribution is 6.37. The largest absolute Gasteiger partial charge is 0.397 e. The molecule has 0 aliphatic rings. The molecule has 1 aromatic heterocycles. The van der Waals surface area contributed by atoms with Crippen molar-refractivity contribution in [1.29, 1.82) is 0 Å². The van der Waals surface area contributed by atoms with Crippen molar-refractivity contribution in [1.82, 2.24) is 9.97 Å². The molecule has 0 bridgehead atoms. The Bertz CT molecular complexity index is 778. The van der Waals surface area contributed by atoms with Gasteiger partial charge in [-0.25, -0.2) is 4.98 Å². The number of hydrogen-bond donors (Lipinski definition) is 2. The molecule has 0 amide bonds. The maximum Gasteiger partial charge on any atom is 0.140 e. The third-order valence-corrected chi connectivity index (χ3v) is 3.52. The Balaban J connectivity index is 2.24. The molecule has 0 spiro atoms. The van der Waals surface area contributed by atoms with Gasteiger partial charge in [-0.1, -0.05) is 29.3 Å². The van der Waals surface area contributed by atoms with E-state index < -0.39 is 0 Å². The molecule has 3 nitrogen and oxygen atoms in total. The van der Waals surface area contributed by atoms with E-state index in [0.29, 0.717) is 27.1 Å². The molecule has 0 saturated heterocycles. The summed E-state index contributed by atoms with van der Waals surface area (Å²) in [7, 11) is 0. The summed E-state index contributed by atoms with van der Waals surface area (Å²) in [5.41, 5.74) is 10.2. The summed E-state index contributed by atoms with van der Waals surface area (Å²) in [5, 5.41) is 0.963. The standard InChI is InChI=1S/C14H11Cl2N3/c1-7-2-3-11-12(4-7)19-14(18-11)9-5-8(15)6-10(16)13(9)17/h2-6H,17H2,1H3,(H,18,19). The first-order valence-corrected chi connectivity index (χ1v) is 6.51. The maximum atomic E-state index is 6.04. The van der Waals surface area contributed by atoms with Gasteiger partial charge in [0.15, 0.2) is 0 Å². The average molecular weight is 292 g/mol. The predicted molar refractivity (Wildman–Crippen MR) is 80.7 cm³/mol. The molecule has 3 aromatic rings. The van der Waals surface area contributed by atoms with Crippen LogP contribution in [-0.2, 0) is 0 Å². The topological polar surface area (TPSA) is 54.7 Å². The van der Waals surface area contributed by atoms with Crippen LogP contribution < -0.4 is 5.73 Å². The number of halogens is 2. The molecule has 1 heterocycles. The monoisotopic (exact) mass is 291 g/mol. The molecule has 96 valence electrons. The van der Waals surface area contributed by atoms with Gasteiger partial charge in [-0.05, 0) is 36.8 Å². The smallest absolute Gasteiger partial charge is 0.140 e. The molecule has 0 radical (unpaired) electrons. The Morgan fingerprint density at radius 2 is 1.95 bits per heavy atom. The lowest BCUT2D eigenvalue weighted by Crippen LogP contribution is -1.92. The fourth-order valence-electron chi connectivity index (χ4n) is 2.03. The molecule has 5 heteroatoms. The number of rotatable bonds is 1. The number of H-pyrrole nitrogens is 1. The Kier molecular flexibility index (Phi) is 2.88. The van der Waals surface area contributed by atoms with Crippen molar-refractivity contribution in [3.63, 3.8) is 0 Å². The zero-order valence-electron chi connectivity index (χ0n) is 10.2. The van der Waals surface area contributed by atoms with Gasteiger partial charge in [0.25, 0.3) is 0 Å². The van der Waals surface area contributed by atoms with E-state index in [1.165, 1.54) is 5.56 Å². The van der Waals surface area contributed by atoms with Crippen LogP contribution >= 0.6 is 23.2 Å². The lowest BCUT2D eigenvalue weighted by molar-refractivity contribution is 1.34. The first-order chi connectivity index (χ1) is 9.04. The number of nitrogens with zero attached hydrogens (tertiary/aromatic N) is 1. The number of imidazole rings is 1. The van der Waals surface area contributed by atoms with Gasteiger partial charge in [-0.3, -0.25) is 0 Å². The molecule has 3 N–H and O–H groups in total. The third kappa shape index (κ3) is 2.15.